The monoisotopic (exact) mass is 313 g/mol. The SMILES string of the molecule is Cn1cc(/C=C/C(=O)Nc2ccc(N3CCOCC3)nc2)cn1. The maximum Gasteiger partial charge on any atom is 0.248 e. The molecule has 0 radical (unpaired) electrons. The molecule has 3 rings (SSSR count). The van der Waals surface area contributed by atoms with Crippen LogP contribution in [0.5, 0.6) is 0 Å². The van der Waals surface area contributed by atoms with Crippen molar-refractivity contribution in [1.29, 1.82) is 0 Å². The van der Waals surface area contributed by atoms with Crippen molar-refractivity contribution in [2.45, 2.75) is 0 Å². The summed E-state index contributed by atoms with van der Waals surface area (Å²) >= 11 is 0. The lowest BCUT2D eigenvalue weighted by Gasteiger charge is -2.27. The average Bonchev–Trinajstić information content (AvgIpc) is 3.00. The summed E-state index contributed by atoms with van der Waals surface area (Å²) in [6, 6.07) is 3.76. The highest BCUT2D eigenvalue weighted by molar-refractivity contribution is 6.01. The number of anilines is 2. The number of nitrogens with zero attached hydrogens (tertiary/aromatic N) is 4. The van der Waals surface area contributed by atoms with Crippen LogP contribution in [0.1, 0.15) is 5.56 Å². The molecular weight excluding hydrogens is 294 g/mol. The lowest BCUT2D eigenvalue weighted by Crippen LogP contribution is -2.36. The van der Waals surface area contributed by atoms with E-state index >= 15 is 0 Å². The van der Waals surface area contributed by atoms with E-state index in [0.717, 1.165) is 37.7 Å². The molecule has 0 atom stereocenters. The Bertz CT molecular complexity index is 687. The number of pyridine rings is 1. The van der Waals surface area contributed by atoms with Crippen molar-refractivity contribution in [3.05, 3.63) is 42.4 Å². The van der Waals surface area contributed by atoms with Gasteiger partial charge >= 0.3 is 0 Å². The predicted octanol–water partition coefficient (Wildman–Crippen LogP) is 1.30. The second kappa shape index (κ2) is 7.06. The number of morpholine rings is 1. The molecule has 1 aliphatic heterocycles. The van der Waals surface area contributed by atoms with Crippen molar-refractivity contribution < 1.29 is 9.53 Å². The number of hydrogen-bond donors (Lipinski definition) is 1. The highest BCUT2D eigenvalue weighted by Crippen LogP contribution is 2.15. The Morgan fingerprint density at radius 3 is 2.78 bits per heavy atom. The number of ether oxygens (including phenoxy) is 1. The second-order valence-electron chi connectivity index (χ2n) is 5.27. The second-order valence-corrected chi connectivity index (χ2v) is 5.27. The Balaban J connectivity index is 1.57. The third-order valence-electron chi connectivity index (χ3n) is 3.50. The molecule has 1 fully saturated rings. The van der Waals surface area contributed by atoms with Crippen LogP contribution in [0.3, 0.4) is 0 Å². The molecule has 2 aromatic rings. The van der Waals surface area contributed by atoms with Crippen LogP contribution in [0.2, 0.25) is 0 Å². The van der Waals surface area contributed by atoms with Crippen LogP contribution >= 0.6 is 0 Å². The normalized spacial score (nSPS) is 15.1. The number of aromatic nitrogens is 3. The molecule has 7 heteroatoms. The summed E-state index contributed by atoms with van der Waals surface area (Å²) < 4.78 is 7.01. The van der Waals surface area contributed by atoms with Crippen molar-refractivity contribution >= 4 is 23.5 Å². The molecule has 0 aliphatic carbocycles. The molecule has 1 amide bonds. The standard InChI is InChI=1S/C16H19N5O2/c1-20-12-13(10-18-20)2-5-16(22)19-14-3-4-15(17-11-14)21-6-8-23-9-7-21/h2-5,10-12H,6-9H2,1H3,(H,19,22)/b5-2+. The molecule has 0 unspecified atom stereocenters. The van der Waals surface area contributed by atoms with E-state index in [1.165, 1.54) is 6.08 Å². The smallest absolute Gasteiger partial charge is 0.248 e. The summed E-state index contributed by atoms with van der Waals surface area (Å²) in [5.41, 5.74) is 1.55. The third kappa shape index (κ3) is 4.17. The van der Waals surface area contributed by atoms with Crippen molar-refractivity contribution in [3.8, 4) is 0 Å². The number of aryl methyl sites for hydroxylation is 1. The van der Waals surface area contributed by atoms with Gasteiger partial charge in [-0.25, -0.2) is 4.98 Å². The van der Waals surface area contributed by atoms with Gasteiger partial charge in [0.2, 0.25) is 5.91 Å². The zero-order chi connectivity index (χ0) is 16.1. The van der Waals surface area contributed by atoms with Gasteiger partial charge in [-0.1, -0.05) is 0 Å². The number of carbonyl (C=O) groups is 1. The van der Waals surface area contributed by atoms with Crippen LogP contribution in [-0.2, 0) is 16.6 Å². The molecule has 7 nitrogen and oxygen atoms in total. The molecule has 23 heavy (non-hydrogen) atoms. The van der Waals surface area contributed by atoms with E-state index in [4.69, 9.17) is 4.74 Å². The van der Waals surface area contributed by atoms with Crippen molar-refractivity contribution in [2.24, 2.45) is 7.05 Å². The van der Waals surface area contributed by atoms with Gasteiger partial charge in [-0.3, -0.25) is 9.48 Å². The molecule has 1 aliphatic rings. The van der Waals surface area contributed by atoms with E-state index in [1.807, 2.05) is 25.4 Å². The fourth-order valence-electron chi connectivity index (χ4n) is 2.32. The molecule has 1 N–H and O–H groups in total. The summed E-state index contributed by atoms with van der Waals surface area (Å²) in [5, 5.41) is 6.83. The van der Waals surface area contributed by atoms with E-state index in [9.17, 15) is 4.79 Å². The Labute approximate surface area is 134 Å². The van der Waals surface area contributed by atoms with Gasteiger partial charge in [0.1, 0.15) is 5.82 Å². The number of rotatable bonds is 4. The Hall–Kier alpha value is -2.67. The molecule has 0 aromatic carbocycles. The van der Waals surface area contributed by atoms with E-state index in [2.05, 4.69) is 20.3 Å². The summed E-state index contributed by atoms with van der Waals surface area (Å²) in [7, 11) is 1.83. The largest absolute Gasteiger partial charge is 0.378 e. The first kappa shape index (κ1) is 15.2. The van der Waals surface area contributed by atoms with Crippen LogP contribution in [0.15, 0.2) is 36.8 Å². The average molecular weight is 313 g/mol. The summed E-state index contributed by atoms with van der Waals surface area (Å²) in [6.07, 6.45) is 8.40. The number of hydrogen-bond acceptors (Lipinski definition) is 5. The molecule has 0 bridgehead atoms. The van der Waals surface area contributed by atoms with Crippen LogP contribution in [0.4, 0.5) is 11.5 Å². The predicted molar refractivity (Wildman–Crippen MR) is 88.1 cm³/mol. The molecular formula is C16H19N5O2. The highest BCUT2D eigenvalue weighted by Gasteiger charge is 2.12. The number of carbonyl (C=O) groups excluding carboxylic acids is 1. The molecule has 0 spiro atoms. The quantitative estimate of drug-likeness (QED) is 0.862. The molecule has 3 heterocycles. The lowest BCUT2D eigenvalue weighted by atomic mass is 10.3. The van der Waals surface area contributed by atoms with Crippen LogP contribution < -0.4 is 10.2 Å². The summed E-state index contributed by atoms with van der Waals surface area (Å²) in [6.45, 7) is 3.12. The van der Waals surface area contributed by atoms with Gasteiger partial charge in [0, 0.05) is 38.0 Å². The van der Waals surface area contributed by atoms with E-state index in [1.54, 1.807) is 23.2 Å². The van der Waals surface area contributed by atoms with E-state index in [-0.39, 0.29) is 5.91 Å². The molecule has 1 saturated heterocycles. The summed E-state index contributed by atoms with van der Waals surface area (Å²) in [4.78, 5) is 18.5. The van der Waals surface area contributed by atoms with Crippen LogP contribution in [0, 0.1) is 0 Å². The van der Waals surface area contributed by atoms with Gasteiger partial charge in [0.15, 0.2) is 0 Å². The number of amides is 1. The van der Waals surface area contributed by atoms with Gasteiger partial charge in [-0.05, 0) is 18.2 Å². The zero-order valence-corrected chi connectivity index (χ0v) is 13.0. The van der Waals surface area contributed by atoms with Gasteiger partial charge in [-0.2, -0.15) is 5.10 Å². The first-order valence-corrected chi connectivity index (χ1v) is 7.47. The van der Waals surface area contributed by atoms with Gasteiger partial charge in [0.05, 0.1) is 31.3 Å². The topological polar surface area (TPSA) is 72.3 Å². The minimum absolute atomic E-state index is 0.199. The Kier molecular flexibility index (Phi) is 4.68. The first-order chi connectivity index (χ1) is 11.2. The van der Waals surface area contributed by atoms with Crippen LogP contribution in [0.25, 0.3) is 6.08 Å². The van der Waals surface area contributed by atoms with E-state index in [0.29, 0.717) is 5.69 Å². The molecule has 120 valence electrons. The van der Waals surface area contributed by atoms with E-state index < -0.39 is 0 Å². The van der Waals surface area contributed by atoms with Crippen molar-refractivity contribution in [3.63, 3.8) is 0 Å². The fraction of sp³-hybridized carbons (Fsp3) is 0.312. The van der Waals surface area contributed by atoms with Crippen LogP contribution in [-0.4, -0.2) is 47.0 Å². The maximum absolute atomic E-state index is 11.9. The van der Waals surface area contributed by atoms with Gasteiger partial charge < -0.3 is 15.0 Å². The fourth-order valence-corrected chi connectivity index (χ4v) is 2.32. The zero-order valence-electron chi connectivity index (χ0n) is 13.0. The number of nitrogens with one attached hydrogen (secondary N) is 1. The minimum Gasteiger partial charge on any atom is -0.378 e. The van der Waals surface area contributed by atoms with Crippen molar-refractivity contribution in [1.82, 2.24) is 14.8 Å². The molecule has 2 aromatic heterocycles. The third-order valence-corrected chi connectivity index (χ3v) is 3.50. The lowest BCUT2D eigenvalue weighted by molar-refractivity contribution is -0.111. The van der Waals surface area contributed by atoms with Crippen molar-refractivity contribution in [2.75, 3.05) is 36.5 Å². The van der Waals surface area contributed by atoms with Gasteiger partial charge in [-0.15, -0.1) is 0 Å². The first-order valence-electron chi connectivity index (χ1n) is 7.47. The summed E-state index contributed by atoms with van der Waals surface area (Å²) in [5.74, 6) is 0.701. The Morgan fingerprint density at radius 2 is 2.13 bits per heavy atom. The minimum atomic E-state index is -0.199. The van der Waals surface area contributed by atoms with Gasteiger partial charge in [0.25, 0.3) is 0 Å². The highest BCUT2D eigenvalue weighted by atomic mass is 16.5. The molecule has 0 saturated carbocycles. The Morgan fingerprint density at radius 1 is 1.30 bits per heavy atom. The maximum atomic E-state index is 11.9.